The van der Waals surface area contributed by atoms with Crippen molar-refractivity contribution in [2.45, 2.75) is 82.7 Å². The van der Waals surface area contributed by atoms with Crippen LogP contribution in [0.15, 0.2) is 54.6 Å². The highest BCUT2D eigenvalue weighted by atomic mass is 16.3. The Hall–Kier alpha value is -1.60. The van der Waals surface area contributed by atoms with Crippen LogP contribution in [0.5, 0.6) is 0 Å². The van der Waals surface area contributed by atoms with E-state index in [1.165, 1.54) is 49.7 Å². The third-order valence-corrected chi connectivity index (χ3v) is 7.54. The molecule has 28 heavy (non-hydrogen) atoms. The van der Waals surface area contributed by atoms with Gasteiger partial charge in [0, 0.05) is 0 Å². The fourth-order valence-electron chi connectivity index (χ4n) is 5.68. The predicted octanol–water partition coefficient (Wildman–Crippen LogP) is 6.86. The highest BCUT2D eigenvalue weighted by Gasteiger charge is 2.30. The standard InChI is InChI=1S/C27H36O/c1-20(22-5-3-2-4-6-22)19-21-7-9-23(10-8-21)24-11-13-25(14-12-24)26-15-17-27(28)18-16-26/h2-10,20,24-28H,11-19H2,1H3/t20-,24?,25?,26?,27?/m0/s1. The molecule has 1 N–H and O–H groups in total. The summed E-state index contributed by atoms with van der Waals surface area (Å²) >= 11 is 0. The summed E-state index contributed by atoms with van der Waals surface area (Å²) in [5.74, 6) is 3.11. The second-order valence-corrected chi connectivity index (χ2v) is 9.44. The normalized spacial score (nSPS) is 29.4. The summed E-state index contributed by atoms with van der Waals surface area (Å²) in [5.41, 5.74) is 4.43. The minimum absolute atomic E-state index is 0.0179. The van der Waals surface area contributed by atoms with Gasteiger partial charge in [-0.2, -0.15) is 0 Å². The molecule has 0 amide bonds. The largest absolute Gasteiger partial charge is 0.393 e. The average molecular weight is 377 g/mol. The van der Waals surface area contributed by atoms with E-state index in [0.717, 1.165) is 37.0 Å². The molecule has 0 unspecified atom stereocenters. The Balaban J connectivity index is 1.29. The monoisotopic (exact) mass is 376 g/mol. The molecule has 2 aromatic rings. The third-order valence-electron chi connectivity index (χ3n) is 7.54. The van der Waals surface area contributed by atoms with E-state index in [2.05, 4.69) is 61.5 Å². The molecule has 2 aliphatic rings. The van der Waals surface area contributed by atoms with Gasteiger partial charge in [-0.3, -0.25) is 0 Å². The molecule has 1 nitrogen and oxygen atoms in total. The van der Waals surface area contributed by atoms with Crippen molar-refractivity contribution in [3.8, 4) is 0 Å². The van der Waals surface area contributed by atoms with E-state index in [4.69, 9.17) is 0 Å². The summed E-state index contributed by atoms with van der Waals surface area (Å²) in [6.45, 7) is 2.33. The van der Waals surface area contributed by atoms with Crippen molar-refractivity contribution in [1.29, 1.82) is 0 Å². The van der Waals surface area contributed by atoms with Crippen molar-refractivity contribution in [2.75, 3.05) is 0 Å². The van der Waals surface area contributed by atoms with E-state index < -0.39 is 0 Å². The molecule has 0 aromatic heterocycles. The lowest BCUT2D eigenvalue weighted by atomic mass is 9.69. The van der Waals surface area contributed by atoms with Crippen LogP contribution in [0.1, 0.15) is 86.8 Å². The fraction of sp³-hybridized carbons (Fsp3) is 0.556. The Morgan fingerprint density at radius 2 is 1.32 bits per heavy atom. The summed E-state index contributed by atoms with van der Waals surface area (Å²) in [6, 6.07) is 20.4. The number of rotatable bonds is 5. The van der Waals surface area contributed by atoms with Crippen molar-refractivity contribution in [3.05, 3.63) is 71.3 Å². The lowest BCUT2D eigenvalue weighted by molar-refractivity contribution is 0.0805. The summed E-state index contributed by atoms with van der Waals surface area (Å²) in [5, 5.41) is 9.76. The molecule has 0 saturated heterocycles. The van der Waals surface area contributed by atoms with Gasteiger partial charge in [0.05, 0.1) is 6.10 Å². The first-order chi connectivity index (χ1) is 13.7. The van der Waals surface area contributed by atoms with Crippen LogP contribution in [0.2, 0.25) is 0 Å². The number of aliphatic hydroxyl groups excluding tert-OH is 1. The van der Waals surface area contributed by atoms with Crippen LogP contribution in [0, 0.1) is 11.8 Å². The lowest BCUT2D eigenvalue weighted by Gasteiger charge is -2.37. The Morgan fingerprint density at radius 3 is 1.93 bits per heavy atom. The maximum atomic E-state index is 9.76. The molecule has 1 atom stereocenters. The quantitative estimate of drug-likeness (QED) is 0.604. The molecule has 0 radical (unpaired) electrons. The maximum Gasteiger partial charge on any atom is 0.0540 e. The van der Waals surface area contributed by atoms with E-state index in [1.54, 1.807) is 5.56 Å². The zero-order chi connectivity index (χ0) is 19.3. The Bertz CT molecular complexity index is 704. The second kappa shape index (κ2) is 9.27. The topological polar surface area (TPSA) is 20.2 Å². The minimum atomic E-state index is -0.0179. The van der Waals surface area contributed by atoms with E-state index in [1.807, 2.05) is 0 Å². The molecule has 150 valence electrons. The van der Waals surface area contributed by atoms with Crippen LogP contribution in [0.4, 0.5) is 0 Å². The van der Waals surface area contributed by atoms with Crippen molar-refractivity contribution in [3.63, 3.8) is 0 Å². The molecular weight excluding hydrogens is 340 g/mol. The van der Waals surface area contributed by atoms with Gasteiger partial charge in [0.2, 0.25) is 0 Å². The Labute approximate surface area is 171 Å². The molecule has 2 aromatic carbocycles. The molecule has 2 aliphatic carbocycles. The third kappa shape index (κ3) is 4.87. The van der Waals surface area contributed by atoms with Crippen LogP contribution >= 0.6 is 0 Å². The van der Waals surface area contributed by atoms with E-state index in [9.17, 15) is 5.11 Å². The fourth-order valence-corrected chi connectivity index (χ4v) is 5.68. The first-order valence-electron chi connectivity index (χ1n) is 11.5. The second-order valence-electron chi connectivity index (χ2n) is 9.44. The SMILES string of the molecule is C[C@@H](Cc1ccc(C2CCC(C3CCC(O)CC3)CC2)cc1)c1ccccc1. The Morgan fingerprint density at radius 1 is 0.750 bits per heavy atom. The molecule has 0 heterocycles. The van der Waals surface area contributed by atoms with Crippen molar-refractivity contribution in [2.24, 2.45) is 11.8 Å². The number of hydrogen-bond donors (Lipinski definition) is 1. The summed E-state index contributed by atoms with van der Waals surface area (Å²) in [4.78, 5) is 0. The van der Waals surface area contributed by atoms with Gasteiger partial charge in [-0.05, 0) is 98.1 Å². The predicted molar refractivity (Wildman–Crippen MR) is 118 cm³/mol. The summed E-state index contributed by atoms with van der Waals surface area (Å²) in [6.07, 6.45) is 11.2. The number of aliphatic hydroxyl groups is 1. The zero-order valence-corrected chi connectivity index (χ0v) is 17.4. The van der Waals surface area contributed by atoms with Crippen LogP contribution in [0.3, 0.4) is 0 Å². The van der Waals surface area contributed by atoms with Gasteiger partial charge < -0.3 is 5.11 Å². The highest BCUT2D eigenvalue weighted by molar-refractivity contribution is 5.28. The van der Waals surface area contributed by atoms with Crippen LogP contribution < -0.4 is 0 Å². The van der Waals surface area contributed by atoms with Crippen LogP contribution in [-0.2, 0) is 6.42 Å². The van der Waals surface area contributed by atoms with E-state index in [-0.39, 0.29) is 6.10 Å². The molecule has 1 heteroatoms. The van der Waals surface area contributed by atoms with Gasteiger partial charge in [0.1, 0.15) is 0 Å². The smallest absolute Gasteiger partial charge is 0.0540 e. The van der Waals surface area contributed by atoms with Gasteiger partial charge in [-0.25, -0.2) is 0 Å². The minimum Gasteiger partial charge on any atom is -0.393 e. The Kier molecular flexibility index (Phi) is 6.52. The lowest BCUT2D eigenvalue weighted by Crippen LogP contribution is -2.27. The first kappa shape index (κ1) is 19.7. The average Bonchev–Trinajstić information content (AvgIpc) is 2.76. The van der Waals surface area contributed by atoms with Crippen molar-refractivity contribution >= 4 is 0 Å². The van der Waals surface area contributed by atoms with Gasteiger partial charge in [-0.1, -0.05) is 61.5 Å². The van der Waals surface area contributed by atoms with Crippen molar-refractivity contribution in [1.82, 2.24) is 0 Å². The van der Waals surface area contributed by atoms with Gasteiger partial charge in [-0.15, -0.1) is 0 Å². The highest BCUT2D eigenvalue weighted by Crippen LogP contribution is 2.43. The molecular formula is C27H36O. The van der Waals surface area contributed by atoms with E-state index in [0.29, 0.717) is 5.92 Å². The molecule has 0 spiro atoms. The molecule has 0 aliphatic heterocycles. The van der Waals surface area contributed by atoms with Gasteiger partial charge in [0.25, 0.3) is 0 Å². The summed E-state index contributed by atoms with van der Waals surface area (Å²) in [7, 11) is 0. The molecule has 0 bridgehead atoms. The molecule has 2 fully saturated rings. The van der Waals surface area contributed by atoms with Crippen LogP contribution in [-0.4, -0.2) is 11.2 Å². The van der Waals surface area contributed by atoms with Gasteiger partial charge >= 0.3 is 0 Å². The van der Waals surface area contributed by atoms with E-state index >= 15 is 0 Å². The van der Waals surface area contributed by atoms with Gasteiger partial charge in [0.15, 0.2) is 0 Å². The summed E-state index contributed by atoms with van der Waals surface area (Å²) < 4.78 is 0. The number of benzene rings is 2. The zero-order valence-electron chi connectivity index (χ0n) is 17.4. The molecule has 4 rings (SSSR count). The van der Waals surface area contributed by atoms with Crippen molar-refractivity contribution < 1.29 is 5.11 Å². The first-order valence-corrected chi connectivity index (χ1v) is 11.5. The number of hydrogen-bond acceptors (Lipinski definition) is 1. The molecule has 2 saturated carbocycles. The van der Waals surface area contributed by atoms with Crippen LogP contribution in [0.25, 0.3) is 0 Å². The maximum absolute atomic E-state index is 9.76.